The predicted octanol–water partition coefficient (Wildman–Crippen LogP) is 3.23. The molecule has 0 unspecified atom stereocenters. The van der Waals surface area contributed by atoms with Gasteiger partial charge in [-0.05, 0) is 40.8 Å². The Kier molecular flexibility index (Phi) is 1.82. The minimum Gasteiger partial charge on any atom is -0.328 e. The van der Waals surface area contributed by atoms with Crippen molar-refractivity contribution in [2.45, 2.75) is 18.8 Å². The number of hydrogen-bond donors (Lipinski definition) is 1. The summed E-state index contributed by atoms with van der Waals surface area (Å²) in [6, 6.07) is 1.97. The minimum absolute atomic E-state index is 0.0116. The normalized spacial score (nSPS) is 16.4. The second-order valence-electron chi connectivity index (χ2n) is 3.60. The topological polar surface area (TPSA) is 32.9 Å². The molecule has 1 fully saturated rings. The summed E-state index contributed by atoms with van der Waals surface area (Å²) in [5.41, 5.74) is 0.0116. The molecule has 0 atom stereocenters. The fourth-order valence-corrected chi connectivity index (χ4v) is 4.00. The summed E-state index contributed by atoms with van der Waals surface area (Å²) in [5, 5.41) is 0.819. The van der Waals surface area contributed by atoms with E-state index >= 15 is 0 Å². The van der Waals surface area contributed by atoms with E-state index in [-0.39, 0.29) is 5.56 Å². The van der Waals surface area contributed by atoms with Gasteiger partial charge >= 0.3 is 0 Å². The van der Waals surface area contributed by atoms with Gasteiger partial charge in [0.25, 0.3) is 5.56 Å². The highest BCUT2D eigenvalue weighted by Crippen LogP contribution is 2.48. The summed E-state index contributed by atoms with van der Waals surface area (Å²) in [7, 11) is 0. The van der Waals surface area contributed by atoms with Crippen LogP contribution in [-0.2, 0) is 0 Å². The van der Waals surface area contributed by atoms with Crippen LogP contribution in [0.1, 0.15) is 23.6 Å². The number of aromatic amines is 1. The van der Waals surface area contributed by atoms with Crippen molar-refractivity contribution in [2.75, 3.05) is 0 Å². The summed E-state index contributed by atoms with van der Waals surface area (Å²) in [6.07, 6.45) is 4.25. The molecule has 0 spiro atoms. The van der Waals surface area contributed by atoms with E-state index in [0.717, 1.165) is 14.6 Å². The van der Waals surface area contributed by atoms with E-state index in [1.54, 1.807) is 17.5 Å². The Morgan fingerprint density at radius 1 is 1.50 bits per heavy atom. The van der Waals surface area contributed by atoms with Gasteiger partial charge in [-0.15, -0.1) is 11.3 Å². The molecule has 0 aromatic carbocycles. The fourth-order valence-electron chi connectivity index (χ4n) is 1.65. The van der Waals surface area contributed by atoms with E-state index in [2.05, 4.69) is 20.9 Å². The lowest BCUT2D eigenvalue weighted by Gasteiger charge is -1.90. The molecular formula is C10H8BrNOS. The predicted molar refractivity (Wildman–Crippen MR) is 62.1 cm³/mol. The Hall–Kier alpha value is -0.610. The zero-order valence-corrected chi connectivity index (χ0v) is 9.74. The molecule has 3 rings (SSSR count). The average molecular weight is 270 g/mol. The summed E-state index contributed by atoms with van der Waals surface area (Å²) in [5.74, 6) is 0.696. The Labute approximate surface area is 93.1 Å². The third kappa shape index (κ3) is 1.17. The highest BCUT2D eigenvalue weighted by Gasteiger charge is 2.28. The zero-order valence-electron chi connectivity index (χ0n) is 7.34. The van der Waals surface area contributed by atoms with E-state index < -0.39 is 0 Å². The van der Waals surface area contributed by atoms with Crippen LogP contribution in [0.5, 0.6) is 0 Å². The van der Waals surface area contributed by atoms with Crippen LogP contribution >= 0.6 is 27.3 Å². The van der Waals surface area contributed by atoms with E-state index in [1.807, 2.05) is 6.07 Å². The van der Waals surface area contributed by atoms with E-state index in [0.29, 0.717) is 5.92 Å². The largest absolute Gasteiger partial charge is 0.328 e. The standard InChI is InChI=1S/C10H8BrNOS/c11-8-7-6(3-4-12-10(7)13)14-9(8)5-1-2-5/h3-5H,1-2H2,(H,12,13). The van der Waals surface area contributed by atoms with Gasteiger partial charge in [0.15, 0.2) is 0 Å². The fraction of sp³-hybridized carbons (Fsp3) is 0.300. The van der Waals surface area contributed by atoms with Crippen molar-refractivity contribution < 1.29 is 0 Å². The molecule has 2 nitrogen and oxygen atoms in total. The van der Waals surface area contributed by atoms with Crippen molar-refractivity contribution in [1.82, 2.24) is 4.98 Å². The molecule has 0 radical (unpaired) electrons. The van der Waals surface area contributed by atoms with Crippen molar-refractivity contribution in [3.05, 3.63) is 32.0 Å². The van der Waals surface area contributed by atoms with E-state index in [9.17, 15) is 4.79 Å². The summed E-state index contributed by atoms with van der Waals surface area (Å²) in [6.45, 7) is 0. The maximum atomic E-state index is 11.6. The van der Waals surface area contributed by atoms with Crippen molar-refractivity contribution in [3.8, 4) is 0 Å². The first-order valence-corrected chi connectivity index (χ1v) is 6.18. The van der Waals surface area contributed by atoms with Crippen LogP contribution < -0.4 is 5.56 Å². The van der Waals surface area contributed by atoms with Gasteiger partial charge in [0.2, 0.25) is 0 Å². The monoisotopic (exact) mass is 269 g/mol. The number of H-pyrrole nitrogens is 1. The molecule has 1 N–H and O–H groups in total. The van der Waals surface area contributed by atoms with Gasteiger partial charge in [0.1, 0.15) is 0 Å². The molecule has 1 aliphatic carbocycles. The van der Waals surface area contributed by atoms with Crippen LogP contribution in [-0.4, -0.2) is 4.98 Å². The van der Waals surface area contributed by atoms with Crippen LogP contribution in [0, 0.1) is 0 Å². The number of hydrogen-bond acceptors (Lipinski definition) is 2. The summed E-state index contributed by atoms with van der Waals surface area (Å²) >= 11 is 5.28. The Morgan fingerprint density at radius 2 is 2.29 bits per heavy atom. The SMILES string of the molecule is O=c1[nH]ccc2sc(C3CC3)c(Br)c12. The molecule has 2 aromatic heterocycles. The maximum Gasteiger partial charge on any atom is 0.257 e. The molecule has 0 bridgehead atoms. The highest BCUT2D eigenvalue weighted by molar-refractivity contribution is 9.10. The number of nitrogens with one attached hydrogen (secondary N) is 1. The average Bonchev–Trinajstić information content (AvgIpc) is 2.93. The van der Waals surface area contributed by atoms with Gasteiger partial charge in [0, 0.05) is 20.2 Å². The Morgan fingerprint density at radius 3 is 2.93 bits per heavy atom. The van der Waals surface area contributed by atoms with Crippen molar-refractivity contribution >= 4 is 37.4 Å². The summed E-state index contributed by atoms with van der Waals surface area (Å²) < 4.78 is 2.10. The smallest absolute Gasteiger partial charge is 0.257 e. The van der Waals surface area contributed by atoms with Crippen molar-refractivity contribution in [1.29, 1.82) is 0 Å². The Bertz CT molecular complexity index is 553. The number of rotatable bonds is 1. The van der Waals surface area contributed by atoms with E-state index in [4.69, 9.17) is 0 Å². The van der Waals surface area contributed by atoms with Crippen LogP contribution in [0.25, 0.3) is 10.1 Å². The number of fused-ring (bicyclic) bond motifs is 1. The quantitative estimate of drug-likeness (QED) is 0.847. The first-order chi connectivity index (χ1) is 6.77. The molecular weight excluding hydrogens is 262 g/mol. The lowest BCUT2D eigenvalue weighted by Crippen LogP contribution is -2.02. The molecule has 72 valence electrons. The molecule has 14 heavy (non-hydrogen) atoms. The molecule has 2 aromatic rings. The van der Waals surface area contributed by atoms with Crippen LogP contribution in [0.2, 0.25) is 0 Å². The van der Waals surface area contributed by atoms with Crippen molar-refractivity contribution in [3.63, 3.8) is 0 Å². The highest BCUT2D eigenvalue weighted by atomic mass is 79.9. The third-order valence-corrected chi connectivity index (χ3v) is 4.93. The molecule has 0 amide bonds. The minimum atomic E-state index is 0.0116. The van der Waals surface area contributed by atoms with Gasteiger partial charge in [-0.3, -0.25) is 4.79 Å². The van der Waals surface area contributed by atoms with Crippen LogP contribution in [0.15, 0.2) is 21.5 Å². The molecule has 0 saturated heterocycles. The van der Waals surface area contributed by atoms with Gasteiger partial charge in [0.05, 0.1) is 5.39 Å². The molecule has 1 saturated carbocycles. The number of pyridine rings is 1. The molecule has 2 heterocycles. The number of aromatic nitrogens is 1. The lowest BCUT2D eigenvalue weighted by atomic mass is 10.3. The maximum absolute atomic E-state index is 11.6. The Balaban J connectivity index is 2.40. The van der Waals surface area contributed by atoms with Gasteiger partial charge in [-0.1, -0.05) is 0 Å². The lowest BCUT2D eigenvalue weighted by molar-refractivity contribution is 1.17. The van der Waals surface area contributed by atoms with Gasteiger partial charge in [-0.25, -0.2) is 0 Å². The van der Waals surface area contributed by atoms with Crippen LogP contribution in [0.4, 0.5) is 0 Å². The summed E-state index contributed by atoms with van der Waals surface area (Å²) in [4.78, 5) is 15.6. The first kappa shape index (κ1) is 8.68. The van der Waals surface area contributed by atoms with E-state index in [1.165, 1.54) is 17.7 Å². The second kappa shape index (κ2) is 2.94. The molecule has 0 aliphatic heterocycles. The first-order valence-electron chi connectivity index (χ1n) is 4.57. The number of halogens is 1. The molecule has 4 heteroatoms. The number of thiophene rings is 1. The van der Waals surface area contributed by atoms with Crippen LogP contribution in [0.3, 0.4) is 0 Å². The van der Waals surface area contributed by atoms with Gasteiger partial charge < -0.3 is 4.98 Å². The molecule has 1 aliphatic rings. The van der Waals surface area contributed by atoms with Gasteiger partial charge in [-0.2, -0.15) is 0 Å². The van der Waals surface area contributed by atoms with Crippen molar-refractivity contribution in [2.24, 2.45) is 0 Å². The second-order valence-corrected chi connectivity index (χ2v) is 5.48. The third-order valence-electron chi connectivity index (χ3n) is 2.53. The zero-order chi connectivity index (χ0) is 9.71.